The summed E-state index contributed by atoms with van der Waals surface area (Å²) in [5.41, 5.74) is 1.44. The lowest BCUT2D eigenvalue weighted by Gasteiger charge is -2.29. The lowest BCUT2D eigenvalue weighted by atomic mass is 10.0. The fourth-order valence-electron chi connectivity index (χ4n) is 5.61. The van der Waals surface area contributed by atoms with E-state index in [4.69, 9.17) is 0 Å². The first-order chi connectivity index (χ1) is 18.6. The maximum Gasteiger partial charge on any atom is 0.264 e. The largest absolute Gasteiger partial charge is 0.378 e. The number of carbonyl (C=O) groups excluding carboxylic acids is 4. The van der Waals surface area contributed by atoms with Crippen LogP contribution in [0.3, 0.4) is 0 Å². The predicted octanol–water partition coefficient (Wildman–Crippen LogP) is 3.81. The lowest BCUT2D eigenvalue weighted by molar-refractivity contribution is -0.138. The molecule has 204 valence electrons. The highest BCUT2D eigenvalue weighted by molar-refractivity contribution is 7.20. The number of ketones is 1. The predicted molar refractivity (Wildman–Crippen MR) is 153 cm³/mol. The van der Waals surface area contributed by atoms with Gasteiger partial charge in [0.2, 0.25) is 5.91 Å². The molecule has 0 spiro atoms. The summed E-state index contributed by atoms with van der Waals surface area (Å²) in [4.78, 5) is 59.3. The fourth-order valence-corrected chi connectivity index (χ4v) is 6.63. The number of rotatable bonds is 7. The van der Waals surface area contributed by atoms with Gasteiger partial charge in [-0.3, -0.25) is 19.2 Å². The van der Waals surface area contributed by atoms with Crippen LogP contribution in [0.2, 0.25) is 0 Å². The van der Waals surface area contributed by atoms with Crippen molar-refractivity contribution in [3.63, 3.8) is 0 Å². The molecule has 0 unspecified atom stereocenters. The molecule has 0 bridgehead atoms. The van der Waals surface area contributed by atoms with Gasteiger partial charge in [-0.2, -0.15) is 0 Å². The zero-order valence-electron chi connectivity index (χ0n) is 22.7. The van der Waals surface area contributed by atoms with Crippen molar-refractivity contribution in [2.75, 3.05) is 32.1 Å². The van der Waals surface area contributed by atoms with Gasteiger partial charge in [-0.15, -0.1) is 11.3 Å². The Kier molecular flexibility index (Phi) is 7.44. The Hall–Kier alpha value is -3.72. The van der Waals surface area contributed by atoms with E-state index < -0.39 is 12.1 Å². The number of thiophene rings is 1. The Balaban J connectivity index is 1.32. The first kappa shape index (κ1) is 26.9. The highest BCUT2D eigenvalue weighted by atomic mass is 32.1. The molecule has 1 N–H and O–H groups in total. The van der Waals surface area contributed by atoms with Crippen LogP contribution in [0.15, 0.2) is 54.6 Å². The molecular weight excluding hydrogens is 512 g/mol. The SMILES string of the molecule is CC(C)C[C@H](NC(=O)c1ccc(N(C)C)cc1)C(=O)N1CC[C@@H]2[C@H]1C(=O)CN2C(=O)c1cc2ccccc2s1. The molecule has 2 aliphatic rings. The molecule has 0 saturated carbocycles. The Bertz CT molecular complexity index is 1380. The fraction of sp³-hybridized carbons (Fsp3) is 0.400. The average Bonchev–Trinajstić information content (AvgIpc) is 3.62. The smallest absolute Gasteiger partial charge is 0.264 e. The average molecular weight is 547 g/mol. The minimum absolute atomic E-state index is 0.00831. The molecule has 2 saturated heterocycles. The second kappa shape index (κ2) is 10.8. The third-order valence-corrected chi connectivity index (χ3v) is 8.66. The van der Waals surface area contributed by atoms with E-state index >= 15 is 0 Å². The summed E-state index contributed by atoms with van der Waals surface area (Å²) in [5, 5.41) is 3.93. The molecule has 1 aromatic heterocycles. The van der Waals surface area contributed by atoms with Crippen molar-refractivity contribution < 1.29 is 19.2 Å². The number of Topliss-reactive ketones (excluding diaryl/α,β-unsaturated/α-hetero) is 1. The molecule has 0 aliphatic carbocycles. The van der Waals surface area contributed by atoms with Crippen molar-refractivity contribution >= 4 is 50.6 Å². The number of benzene rings is 2. The monoisotopic (exact) mass is 546 g/mol. The number of amides is 3. The summed E-state index contributed by atoms with van der Waals surface area (Å²) < 4.78 is 1.02. The number of nitrogens with zero attached hydrogens (tertiary/aromatic N) is 3. The van der Waals surface area contributed by atoms with E-state index in [9.17, 15) is 19.2 Å². The number of carbonyl (C=O) groups is 4. The van der Waals surface area contributed by atoms with E-state index in [0.29, 0.717) is 29.8 Å². The lowest BCUT2D eigenvalue weighted by Crippen LogP contribution is -2.53. The second-order valence-electron chi connectivity index (χ2n) is 11.0. The van der Waals surface area contributed by atoms with Gasteiger partial charge in [0.05, 0.1) is 17.5 Å². The molecule has 2 aliphatic heterocycles. The van der Waals surface area contributed by atoms with Gasteiger partial charge in [0.1, 0.15) is 12.1 Å². The van der Waals surface area contributed by atoms with Gasteiger partial charge in [-0.1, -0.05) is 32.0 Å². The zero-order chi connectivity index (χ0) is 27.8. The number of anilines is 1. The van der Waals surface area contributed by atoms with E-state index in [1.807, 2.05) is 75.3 Å². The maximum absolute atomic E-state index is 13.8. The molecule has 3 heterocycles. The van der Waals surface area contributed by atoms with E-state index in [-0.39, 0.29) is 42.0 Å². The van der Waals surface area contributed by atoms with Gasteiger partial charge in [-0.05, 0) is 60.5 Å². The van der Waals surface area contributed by atoms with Crippen molar-refractivity contribution in [1.29, 1.82) is 0 Å². The number of hydrogen-bond acceptors (Lipinski definition) is 6. The van der Waals surface area contributed by atoms with Crippen LogP contribution < -0.4 is 10.2 Å². The summed E-state index contributed by atoms with van der Waals surface area (Å²) in [6.45, 7) is 4.36. The summed E-state index contributed by atoms with van der Waals surface area (Å²) in [6.07, 6.45) is 0.986. The van der Waals surface area contributed by atoms with Crippen LogP contribution in [0.25, 0.3) is 10.1 Å². The molecule has 3 aromatic rings. The molecule has 2 fully saturated rings. The van der Waals surface area contributed by atoms with Crippen LogP contribution in [-0.2, 0) is 9.59 Å². The minimum atomic E-state index is -0.759. The van der Waals surface area contributed by atoms with Crippen molar-refractivity contribution in [3.05, 3.63) is 65.0 Å². The molecule has 39 heavy (non-hydrogen) atoms. The summed E-state index contributed by atoms with van der Waals surface area (Å²) in [7, 11) is 3.86. The highest BCUT2D eigenvalue weighted by Gasteiger charge is 2.52. The molecule has 3 amide bonds. The summed E-state index contributed by atoms with van der Waals surface area (Å²) in [5.74, 6) is -0.735. The summed E-state index contributed by atoms with van der Waals surface area (Å²) >= 11 is 1.42. The van der Waals surface area contributed by atoms with Crippen molar-refractivity contribution in [1.82, 2.24) is 15.1 Å². The highest BCUT2D eigenvalue weighted by Crippen LogP contribution is 2.34. The normalized spacial score (nSPS) is 19.5. The molecule has 0 radical (unpaired) electrons. The second-order valence-corrected chi connectivity index (χ2v) is 12.1. The zero-order valence-corrected chi connectivity index (χ0v) is 23.5. The molecular formula is C30H34N4O4S. The molecule has 5 rings (SSSR count). The van der Waals surface area contributed by atoms with Crippen LogP contribution in [-0.4, -0.2) is 78.6 Å². The summed E-state index contributed by atoms with van der Waals surface area (Å²) in [6, 6.07) is 15.1. The standard InChI is InChI=1S/C30H34N4O4S/c1-18(2)15-22(31-28(36)19-9-11-21(12-10-19)32(3)4)29(37)33-14-13-23-27(33)24(35)17-34(23)30(38)26-16-20-7-5-6-8-25(20)39-26/h5-12,16,18,22-23,27H,13-15,17H2,1-4H3,(H,31,36)/t22-,23+,27-/m0/s1. The number of fused-ring (bicyclic) bond motifs is 2. The van der Waals surface area contributed by atoms with Crippen LogP contribution in [0.1, 0.15) is 46.7 Å². The topological polar surface area (TPSA) is 90.0 Å². The first-order valence-electron chi connectivity index (χ1n) is 13.3. The first-order valence-corrected chi connectivity index (χ1v) is 14.2. The molecule has 2 aromatic carbocycles. The van der Waals surface area contributed by atoms with Gasteiger partial charge in [0.15, 0.2) is 5.78 Å². The van der Waals surface area contributed by atoms with Gasteiger partial charge in [0.25, 0.3) is 11.8 Å². The Morgan fingerprint density at radius 3 is 2.44 bits per heavy atom. The Morgan fingerprint density at radius 2 is 1.77 bits per heavy atom. The van der Waals surface area contributed by atoms with Crippen LogP contribution in [0.4, 0.5) is 5.69 Å². The van der Waals surface area contributed by atoms with Crippen LogP contribution in [0.5, 0.6) is 0 Å². The number of hydrogen-bond donors (Lipinski definition) is 1. The van der Waals surface area contributed by atoms with Gasteiger partial charge >= 0.3 is 0 Å². The van der Waals surface area contributed by atoms with Crippen LogP contribution in [0, 0.1) is 5.92 Å². The maximum atomic E-state index is 13.8. The Morgan fingerprint density at radius 1 is 1.05 bits per heavy atom. The quantitative estimate of drug-likeness (QED) is 0.487. The van der Waals surface area contributed by atoms with E-state index in [1.165, 1.54) is 11.3 Å². The third-order valence-electron chi connectivity index (χ3n) is 7.56. The van der Waals surface area contributed by atoms with E-state index in [2.05, 4.69) is 5.32 Å². The molecule has 8 nitrogen and oxygen atoms in total. The van der Waals surface area contributed by atoms with Gasteiger partial charge in [-0.25, -0.2) is 0 Å². The Labute approximate surface area is 232 Å². The van der Waals surface area contributed by atoms with Crippen molar-refractivity contribution in [2.45, 2.75) is 44.8 Å². The van der Waals surface area contributed by atoms with E-state index in [0.717, 1.165) is 15.8 Å². The third kappa shape index (κ3) is 5.28. The van der Waals surface area contributed by atoms with Crippen LogP contribution >= 0.6 is 11.3 Å². The molecule has 3 atom stereocenters. The minimum Gasteiger partial charge on any atom is -0.378 e. The van der Waals surface area contributed by atoms with Gasteiger partial charge < -0.3 is 20.0 Å². The molecule has 9 heteroatoms. The van der Waals surface area contributed by atoms with E-state index in [1.54, 1.807) is 21.9 Å². The van der Waals surface area contributed by atoms with Crippen molar-refractivity contribution in [2.24, 2.45) is 5.92 Å². The number of nitrogens with one attached hydrogen (secondary N) is 1. The van der Waals surface area contributed by atoms with Gasteiger partial charge in [0, 0.05) is 36.6 Å². The number of likely N-dealkylation sites (tertiary alicyclic amines) is 2. The van der Waals surface area contributed by atoms with Crippen molar-refractivity contribution in [3.8, 4) is 0 Å².